The lowest BCUT2D eigenvalue weighted by atomic mass is 9.94. The first-order valence-corrected chi connectivity index (χ1v) is 7.20. The second-order valence-electron chi connectivity index (χ2n) is 5.05. The molecule has 0 bridgehead atoms. The van der Waals surface area contributed by atoms with Crippen molar-refractivity contribution in [2.45, 2.75) is 44.7 Å². The van der Waals surface area contributed by atoms with Gasteiger partial charge < -0.3 is 5.73 Å². The maximum absolute atomic E-state index is 6.02. The Hall–Kier alpha value is 0.0400. The molecule has 0 atom stereocenters. The molecule has 1 aliphatic rings. The predicted molar refractivity (Wildman–Crippen MR) is 91.4 cm³/mol. The van der Waals surface area contributed by atoms with Crippen molar-refractivity contribution >= 4 is 46.4 Å². The smallest absolute Gasteiger partial charge is 0.0360 e. The van der Waals surface area contributed by atoms with Crippen molar-refractivity contribution in [2.24, 2.45) is 0 Å². The highest BCUT2D eigenvalue weighted by atomic mass is 79.9. The van der Waals surface area contributed by atoms with Crippen molar-refractivity contribution in [3.05, 3.63) is 28.2 Å². The molecule has 0 unspecified atom stereocenters. The fourth-order valence-electron chi connectivity index (χ4n) is 2.63. The van der Waals surface area contributed by atoms with Crippen molar-refractivity contribution in [3.63, 3.8) is 0 Å². The van der Waals surface area contributed by atoms with Crippen LogP contribution in [0.25, 0.3) is 0 Å². The summed E-state index contributed by atoms with van der Waals surface area (Å²) in [6.45, 7) is 0.954. The molecule has 110 valence electrons. The van der Waals surface area contributed by atoms with Gasteiger partial charge in [0, 0.05) is 22.7 Å². The summed E-state index contributed by atoms with van der Waals surface area (Å²) < 4.78 is 1.11. The minimum atomic E-state index is 0. The third-order valence-electron chi connectivity index (χ3n) is 3.72. The van der Waals surface area contributed by atoms with Crippen LogP contribution >= 0.6 is 40.7 Å². The Balaban J connectivity index is 0.00000162. The van der Waals surface area contributed by atoms with Crippen LogP contribution in [0.1, 0.15) is 37.7 Å². The topological polar surface area (TPSA) is 29.3 Å². The third-order valence-corrected chi connectivity index (χ3v) is 4.22. The molecule has 5 heteroatoms. The average molecular weight is 370 g/mol. The second-order valence-corrected chi connectivity index (χ2v) is 5.97. The Morgan fingerprint density at radius 3 is 2.47 bits per heavy atom. The van der Waals surface area contributed by atoms with E-state index in [2.05, 4.69) is 33.9 Å². The van der Waals surface area contributed by atoms with Crippen LogP contribution in [-0.2, 0) is 6.54 Å². The molecule has 0 radical (unpaired) electrons. The van der Waals surface area contributed by atoms with Crippen LogP contribution in [-0.4, -0.2) is 18.0 Å². The molecule has 2 nitrogen and oxygen atoms in total. The van der Waals surface area contributed by atoms with Gasteiger partial charge in [0.1, 0.15) is 0 Å². The van der Waals surface area contributed by atoms with Crippen LogP contribution < -0.4 is 5.73 Å². The highest BCUT2D eigenvalue weighted by Gasteiger charge is 2.18. The van der Waals surface area contributed by atoms with Gasteiger partial charge in [0.2, 0.25) is 0 Å². The summed E-state index contributed by atoms with van der Waals surface area (Å²) in [5.74, 6) is 0. The molecule has 0 spiro atoms. The van der Waals surface area contributed by atoms with Gasteiger partial charge >= 0.3 is 0 Å². The fourth-order valence-corrected chi connectivity index (χ4v) is 3.04. The first kappa shape index (κ1) is 19.0. The van der Waals surface area contributed by atoms with Crippen LogP contribution in [0.4, 0.5) is 5.69 Å². The van der Waals surface area contributed by atoms with Gasteiger partial charge in [-0.15, -0.1) is 24.8 Å². The summed E-state index contributed by atoms with van der Waals surface area (Å²) in [5, 5.41) is 0. The normalized spacial score (nSPS) is 15.7. The van der Waals surface area contributed by atoms with Crippen LogP contribution in [0.5, 0.6) is 0 Å². The Morgan fingerprint density at radius 1 is 1.21 bits per heavy atom. The molecule has 1 aromatic carbocycles. The predicted octanol–water partition coefficient (Wildman–Crippen LogP) is 4.64. The molecule has 2 N–H and O–H groups in total. The zero-order valence-electron chi connectivity index (χ0n) is 11.3. The summed E-state index contributed by atoms with van der Waals surface area (Å²) >= 11 is 3.51. The largest absolute Gasteiger partial charge is 0.398 e. The second kappa shape index (κ2) is 9.06. The minimum Gasteiger partial charge on any atom is -0.398 e. The Bertz CT molecular complexity index is 382. The lowest BCUT2D eigenvalue weighted by Gasteiger charge is -2.31. The molecule has 1 fully saturated rings. The average Bonchev–Trinajstić information content (AvgIpc) is 2.35. The summed E-state index contributed by atoms with van der Waals surface area (Å²) in [4.78, 5) is 2.46. The molecule has 1 saturated carbocycles. The van der Waals surface area contributed by atoms with Gasteiger partial charge in [-0.1, -0.05) is 35.2 Å². The summed E-state index contributed by atoms with van der Waals surface area (Å²) in [5.41, 5.74) is 8.15. The molecule has 1 aliphatic carbocycles. The van der Waals surface area contributed by atoms with E-state index >= 15 is 0 Å². The van der Waals surface area contributed by atoms with E-state index in [0.717, 1.165) is 22.7 Å². The standard InChI is InChI=1S/C14H21BrN2.2ClH/c1-17(13-5-3-2-4-6-13)10-11-9-12(15)7-8-14(11)16;;/h7-9,13H,2-6,10,16H2,1H3;2*1H. The minimum absolute atomic E-state index is 0. The maximum atomic E-state index is 6.02. The van der Waals surface area contributed by atoms with Crippen LogP contribution in [0.3, 0.4) is 0 Å². The van der Waals surface area contributed by atoms with Gasteiger partial charge in [-0.25, -0.2) is 0 Å². The number of hydrogen-bond acceptors (Lipinski definition) is 2. The van der Waals surface area contributed by atoms with Crippen molar-refractivity contribution in [1.82, 2.24) is 4.90 Å². The molecule has 0 aliphatic heterocycles. The van der Waals surface area contributed by atoms with E-state index in [1.54, 1.807) is 0 Å². The molecule has 19 heavy (non-hydrogen) atoms. The van der Waals surface area contributed by atoms with Crippen molar-refractivity contribution in [3.8, 4) is 0 Å². The number of rotatable bonds is 3. The maximum Gasteiger partial charge on any atom is 0.0360 e. The van der Waals surface area contributed by atoms with E-state index in [4.69, 9.17) is 5.73 Å². The zero-order chi connectivity index (χ0) is 12.3. The molecule has 0 amide bonds. The van der Waals surface area contributed by atoms with Crippen molar-refractivity contribution in [1.29, 1.82) is 0 Å². The first-order valence-electron chi connectivity index (χ1n) is 6.41. The summed E-state index contributed by atoms with van der Waals surface area (Å²) in [7, 11) is 2.22. The highest BCUT2D eigenvalue weighted by Crippen LogP contribution is 2.25. The Morgan fingerprint density at radius 2 is 1.84 bits per heavy atom. The van der Waals surface area contributed by atoms with Gasteiger partial charge in [-0.05, 0) is 43.7 Å². The molecule has 1 aromatic rings. The first-order chi connectivity index (χ1) is 8.16. The van der Waals surface area contributed by atoms with E-state index in [1.807, 2.05) is 12.1 Å². The van der Waals surface area contributed by atoms with E-state index in [0.29, 0.717) is 0 Å². The number of anilines is 1. The van der Waals surface area contributed by atoms with E-state index in [9.17, 15) is 0 Å². The zero-order valence-corrected chi connectivity index (χ0v) is 14.5. The third kappa shape index (κ3) is 5.50. The lowest BCUT2D eigenvalue weighted by Crippen LogP contribution is -2.33. The van der Waals surface area contributed by atoms with E-state index in [1.165, 1.54) is 37.7 Å². The van der Waals surface area contributed by atoms with Gasteiger partial charge in [0.25, 0.3) is 0 Å². The highest BCUT2D eigenvalue weighted by molar-refractivity contribution is 9.10. The van der Waals surface area contributed by atoms with E-state index in [-0.39, 0.29) is 24.8 Å². The van der Waals surface area contributed by atoms with Gasteiger partial charge in [0.05, 0.1) is 0 Å². The van der Waals surface area contributed by atoms with Crippen LogP contribution in [0, 0.1) is 0 Å². The molecule has 0 aromatic heterocycles. The Kier molecular flexibility index (Phi) is 9.08. The van der Waals surface area contributed by atoms with Crippen molar-refractivity contribution in [2.75, 3.05) is 12.8 Å². The summed E-state index contributed by atoms with van der Waals surface area (Å²) in [6, 6.07) is 6.85. The number of benzene rings is 1. The number of nitrogen functional groups attached to an aromatic ring is 1. The Labute approximate surface area is 137 Å². The monoisotopic (exact) mass is 368 g/mol. The van der Waals surface area contributed by atoms with Gasteiger partial charge in [-0.2, -0.15) is 0 Å². The fraction of sp³-hybridized carbons (Fsp3) is 0.571. The summed E-state index contributed by atoms with van der Waals surface area (Å²) in [6.07, 6.45) is 6.84. The van der Waals surface area contributed by atoms with Gasteiger partial charge in [-0.3, -0.25) is 4.90 Å². The van der Waals surface area contributed by atoms with Gasteiger partial charge in [0.15, 0.2) is 0 Å². The van der Waals surface area contributed by atoms with Crippen LogP contribution in [0.2, 0.25) is 0 Å². The number of nitrogens with two attached hydrogens (primary N) is 1. The van der Waals surface area contributed by atoms with Crippen molar-refractivity contribution < 1.29 is 0 Å². The lowest BCUT2D eigenvalue weighted by molar-refractivity contribution is 0.185. The molecular formula is C14H23BrCl2N2. The number of hydrogen-bond donors (Lipinski definition) is 1. The quantitative estimate of drug-likeness (QED) is 0.786. The molecular weight excluding hydrogens is 347 g/mol. The molecule has 0 heterocycles. The molecule has 2 rings (SSSR count). The SMILES string of the molecule is CN(Cc1cc(Br)ccc1N)C1CCCCC1.Cl.Cl. The number of nitrogens with zero attached hydrogens (tertiary/aromatic N) is 1. The van der Waals surface area contributed by atoms with E-state index < -0.39 is 0 Å². The number of halogens is 3. The van der Waals surface area contributed by atoms with Crippen LogP contribution in [0.15, 0.2) is 22.7 Å². The molecule has 0 saturated heterocycles.